The van der Waals surface area contributed by atoms with E-state index in [4.69, 9.17) is 9.15 Å². The molecule has 0 radical (unpaired) electrons. The molecular formula is C13H13NO3. The summed E-state index contributed by atoms with van der Waals surface area (Å²) >= 11 is 0. The molecule has 1 aromatic heterocycles. The Morgan fingerprint density at radius 2 is 2.00 bits per heavy atom. The van der Waals surface area contributed by atoms with Crippen LogP contribution in [0.2, 0.25) is 0 Å². The van der Waals surface area contributed by atoms with Gasteiger partial charge in [0.1, 0.15) is 11.5 Å². The molecular weight excluding hydrogens is 218 g/mol. The summed E-state index contributed by atoms with van der Waals surface area (Å²) in [5.74, 6) is 1.37. The third-order valence-electron chi connectivity index (χ3n) is 2.17. The van der Waals surface area contributed by atoms with Crippen molar-refractivity contribution in [1.82, 2.24) is 5.32 Å². The zero-order valence-corrected chi connectivity index (χ0v) is 9.26. The van der Waals surface area contributed by atoms with Crippen molar-refractivity contribution in [3.8, 4) is 5.75 Å². The number of furan rings is 1. The van der Waals surface area contributed by atoms with Crippen molar-refractivity contribution >= 4 is 6.09 Å². The molecule has 17 heavy (non-hydrogen) atoms. The van der Waals surface area contributed by atoms with E-state index in [1.165, 1.54) is 0 Å². The number of amides is 1. The van der Waals surface area contributed by atoms with Gasteiger partial charge in [0, 0.05) is 13.0 Å². The maximum Gasteiger partial charge on any atom is 0.412 e. The highest BCUT2D eigenvalue weighted by molar-refractivity contribution is 5.70. The molecule has 1 heterocycles. The smallest absolute Gasteiger partial charge is 0.412 e. The van der Waals surface area contributed by atoms with Crippen molar-refractivity contribution in [3.63, 3.8) is 0 Å². The lowest BCUT2D eigenvalue weighted by Crippen LogP contribution is -2.28. The van der Waals surface area contributed by atoms with Crippen molar-refractivity contribution < 1.29 is 13.9 Å². The van der Waals surface area contributed by atoms with E-state index in [2.05, 4.69) is 5.32 Å². The van der Waals surface area contributed by atoms with E-state index in [1.54, 1.807) is 18.4 Å². The van der Waals surface area contributed by atoms with Crippen LogP contribution < -0.4 is 10.1 Å². The summed E-state index contributed by atoms with van der Waals surface area (Å²) in [6, 6.07) is 12.6. The minimum absolute atomic E-state index is 0.456. The second-order valence-electron chi connectivity index (χ2n) is 3.46. The number of benzene rings is 1. The summed E-state index contributed by atoms with van der Waals surface area (Å²) in [5.41, 5.74) is 0. The third kappa shape index (κ3) is 3.68. The number of hydrogen-bond acceptors (Lipinski definition) is 3. The highest BCUT2D eigenvalue weighted by Gasteiger charge is 2.03. The van der Waals surface area contributed by atoms with Gasteiger partial charge in [-0.1, -0.05) is 18.2 Å². The molecule has 1 N–H and O–H groups in total. The molecule has 0 bridgehead atoms. The Bertz CT molecular complexity index is 451. The van der Waals surface area contributed by atoms with E-state index in [0.717, 1.165) is 5.76 Å². The number of carbonyl (C=O) groups is 1. The quantitative estimate of drug-likeness (QED) is 0.879. The van der Waals surface area contributed by atoms with Crippen molar-refractivity contribution in [2.75, 3.05) is 6.54 Å². The molecule has 0 fully saturated rings. The van der Waals surface area contributed by atoms with E-state index in [-0.39, 0.29) is 0 Å². The van der Waals surface area contributed by atoms with Crippen molar-refractivity contribution in [1.29, 1.82) is 0 Å². The minimum Gasteiger partial charge on any atom is -0.469 e. The van der Waals surface area contributed by atoms with Crippen LogP contribution in [0.5, 0.6) is 5.75 Å². The molecule has 0 aliphatic carbocycles. The molecule has 88 valence electrons. The summed E-state index contributed by atoms with van der Waals surface area (Å²) in [7, 11) is 0. The van der Waals surface area contributed by atoms with Crippen LogP contribution in [0, 0.1) is 0 Å². The Kier molecular flexibility index (Phi) is 3.81. The monoisotopic (exact) mass is 231 g/mol. The molecule has 0 unspecified atom stereocenters. The van der Waals surface area contributed by atoms with Crippen LogP contribution in [0.25, 0.3) is 0 Å². The molecule has 1 amide bonds. The lowest BCUT2D eigenvalue weighted by Gasteiger charge is -2.05. The van der Waals surface area contributed by atoms with Crippen LogP contribution in [0.3, 0.4) is 0 Å². The van der Waals surface area contributed by atoms with Gasteiger partial charge in [0.2, 0.25) is 0 Å². The Morgan fingerprint density at radius 1 is 1.18 bits per heavy atom. The first-order valence-electron chi connectivity index (χ1n) is 5.38. The fraction of sp³-hybridized carbons (Fsp3) is 0.154. The number of nitrogens with one attached hydrogen (secondary N) is 1. The normalized spacial score (nSPS) is 9.88. The highest BCUT2D eigenvalue weighted by atomic mass is 16.6. The van der Waals surface area contributed by atoms with Crippen molar-refractivity contribution in [3.05, 3.63) is 54.5 Å². The molecule has 2 aromatic rings. The van der Waals surface area contributed by atoms with E-state index < -0.39 is 6.09 Å². The topological polar surface area (TPSA) is 51.5 Å². The molecule has 0 aliphatic rings. The van der Waals surface area contributed by atoms with Gasteiger partial charge in [-0.25, -0.2) is 4.79 Å². The van der Waals surface area contributed by atoms with Crippen LogP contribution in [0.4, 0.5) is 4.79 Å². The molecule has 0 spiro atoms. The first kappa shape index (κ1) is 11.3. The number of rotatable bonds is 4. The van der Waals surface area contributed by atoms with E-state index in [0.29, 0.717) is 18.7 Å². The first-order chi connectivity index (χ1) is 8.34. The predicted molar refractivity (Wildman–Crippen MR) is 62.9 cm³/mol. The molecule has 4 heteroatoms. The van der Waals surface area contributed by atoms with Gasteiger partial charge in [-0.15, -0.1) is 0 Å². The fourth-order valence-corrected chi connectivity index (χ4v) is 1.37. The second kappa shape index (κ2) is 5.75. The Hall–Kier alpha value is -2.23. The summed E-state index contributed by atoms with van der Waals surface area (Å²) in [6.07, 6.45) is 1.80. The van der Waals surface area contributed by atoms with Crippen molar-refractivity contribution in [2.45, 2.75) is 6.42 Å². The Morgan fingerprint density at radius 3 is 2.71 bits per heavy atom. The maximum absolute atomic E-state index is 11.4. The van der Waals surface area contributed by atoms with Gasteiger partial charge < -0.3 is 14.5 Å². The molecule has 4 nitrogen and oxygen atoms in total. The molecule has 0 saturated carbocycles. The SMILES string of the molecule is O=C(NCCc1ccco1)Oc1ccccc1. The number of carbonyl (C=O) groups excluding carboxylic acids is 1. The summed E-state index contributed by atoms with van der Waals surface area (Å²) in [5, 5.41) is 2.65. The van der Waals surface area contributed by atoms with Crippen LogP contribution in [-0.2, 0) is 6.42 Å². The van der Waals surface area contributed by atoms with E-state index >= 15 is 0 Å². The largest absolute Gasteiger partial charge is 0.469 e. The average molecular weight is 231 g/mol. The summed E-state index contributed by atoms with van der Waals surface area (Å²) < 4.78 is 10.2. The molecule has 1 aromatic carbocycles. The lowest BCUT2D eigenvalue weighted by molar-refractivity contribution is 0.200. The molecule has 2 rings (SSSR count). The highest BCUT2D eigenvalue weighted by Crippen LogP contribution is 2.08. The van der Waals surface area contributed by atoms with Gasteiger partial charge in [0.25, 0.3) is 0 Å². The van der Waals surface area contributed by atoms with Crippen LogP contribution in [0.15, 0.2) is 53.1 Å². The molecule has 0 aliphatic heterocycles. The zero-order chi connectivity index (χ0) is 11.9. The molecule has 0 saturated heterocycles. The van der Waals surface area contributed by atoms with Crippen molar-refractivity contribution in [2.24, 2.45) is 0 Å². The van der Waals surface area contributed by atoms with Gasteiger partial charge in [-0.2, -0.15) is 0 Å². The first-order valence-corrected chi connectivity index (χ1v) is 5.38. The molecule has 0 atom stereocenters. The minimum atomic E-state index is -0.456. The second-order valence-corrected chi connectivity index (χ2v) is 3.46. The fourth-order valence-electron chi connectivity index (χ4n) is 1.37. The third-order valence-corrected chi connectivity index (χ3v) is 2.17. The van der Waals surface area contributed by atoms with Crippen LogP contribution in [0.1, 0.15) is 5.76 Å². The average Bonchev–Trinajstić information content (AvgIpc) is 2.83. The Labute approximate surface area is 99.2 Å². The lowest BCUT2D eigenvalue weighted by atomic mass is 10.3. The van der Waals surface area contributed by atoms with Gasteiger partial charge in [-0.3, -0.25) is 0 Å². The standard InChI is InChI=1S/C13H13NO3/c15-13(17-12-5-2-1-3-6-12)14-9-8-11-7-4-10-16-11/h1-7,10H,8-9H2,(H,14,15). The summed E-state index contributed by atoms with van der Waals surface area (Å²) in [6.45, 7) is 0.485. The number of para-hydroxylation sites is 1. The summed E-state index contributed by atoms with van der Waals surface area (Å²) in [4.78, 5) is 11.4. The zero-order valence-electron chi connectivity index (χ0n) is 9.26. The maximum atomic E-state index is 11.4. The number of hydrogen-bond donors (Lipinski definition) is 1. The van der Waals surface area contributed by atoms with Gasteiger partial charge in [-0.05, 0) is 24.3 Å². The van der Waals surface area contributed by atoms with E-state index in [9.17, 15) is 4.79 Å². The van der Waals surface area contributed by atoms with Gasteiger partial charge in [0.05, 0.1) is 6.26 Å². The van der Waals surface area contributed by atoms with Crippen LogP contribution in [-0.4, -0.2) is 12.6 Å². The van der Waals surface area contributed by atoms with Crippen LogP contribution >= 0.6 is 0 Å². The van der Waals surface area contributed by atoms with Gasteiger partial charge >= 0.3 is 6.09 Å². The number of ether oxygens (including phenoxy) is 1. The van der Waals surface area contributed by atoms with Gasteiger partial charge in [0.15, 0.2) is 0 Å². The Balaban J connectivity index is 1.71. The van der Waals surface area contributed by atoms with E-state index in [1.807, 2.05) is 30.3 Å². The predicted octanol–water partition coefficient (Wildman–Crippen LogP) is 2.61.